The normalized spacial score (nSPS) is 17.3. The van der Waals surface area contributed by atoms with Gasteiger partial charge in [0.25, 0.3) is 5.91 Å². The van der Waals surface area contributed by atoms with Gasteiger partial charge in [0.05, 0.1) is 25.2 Å². The van der Waals surface area contributed by atoms with Crippen molar-refractivity contribution in [2.24, 2.45) is 0 Å². The number of rotatable bonds is 4. The molecule has 0 radical (unpaired) electrons. The van der Waals surface area contributed by atoms with Crippen LogP contribution in [-0.4, -0.2) is 70.0 Å². The summed E-state index contributed by atoms with van der Waals surface area (Å²) >= 11 is 0. The lowest BCUT2D eigenvalue weighted by molar-refractivity contribution is 0.0697. The molecule has 2 heterocycles. The van der Waals surface area contributed by atoms with Gasteiger partial charge in [-0.2, -0.15) is 4.31 Å². The van der Waals surface area contributed by atoms with Gasteiger partial charge < -0.3 is 19.1 Å². The molecule has 0 saturated carbocycles. The second-order valence-corrected chi connectivity index (χ2v) is 9.03. The fourth-order valence-electron chi connectivity index (χ4n) is 3.52. The Labute approximate surface area is 176 Å². The van der Waals surface area contributed by atoms with Crippen LogP contribution in [0.1, 0.15) is 16.8 Å². The van der Waals surface area contributed by atoms with Crippen LogP contribution in [0.4, 0.5) is 0 Å². The topological polar surface area (TPSA) is 85.4 Å². The fraction of sp³-hybridized carbons (Fsp3) is 0.381. The molecule has 0 unspecified atom stereocenters. The molecule has 2 aromatic rings. The minimum atomic E-state index is -3.69. The lowest BCUT2D eigenvalue weighted by Gasteiger charge is -2.34. The summed E-state index contributed by atoms with van der Waals surface area (Å²) in [6.07, 6.45) is 0.750. The molecule has 2 aliphatic rings. The average Bonchev–Trinajstić information content (AvgIpc) is 3.03. The molecule has 160 valence electrons. The summed E-state index contributed by atoms with van der Waals surface area (Å²) in [4.78, 5) is 14.6. The number of methoxy groups -OCH3 is 1. The maximum Gasteiger partial charge on any atom is 0.254 e. The lowest BCUT2D eigenvalue weighted by Crippen LogP contribution is -2.50. The standard InChI is InChI=1S/C21H24N2O6S/c1-27-17-5-2-4-16(14-17)21(24)22-8-10-23(11-9-22)30(25,26)18-6-7-19-20(15-18)29-13-3-12-28-19/h2,4-7,14-15H,3,8-13H2,1H3. The van der Waals surface area contributed by atoms with Crippen molar-refractivity contribution in [3.8, 4) is 17.2 Å². The zero-order chi connectivity index (χ0) is 21.1. The second kappa shape index (κ2) is 8.53. The van der Waals surface area contributed by atoms with E-state index < -0.39 is 10.0 Å². The zero-order valence-electron chi connectivity index (χ0n) is 16.7. The third-order valence-electron chi connectivity index (χ3n) is 5.20. The molecule has 1 fully saturated rings. The van der Waals surface area contributed by atoms with Crippen LogP contribution in [-0.2, 0) is 10.0 Å². The molecule has 0 aliphatic carbocycles. The first kappa shape index (κ1) is 20.5. The van der Waals surface area contributed by atoms with Crippen molar-refractivity contribution in [1.29, 1.82) is 0 Å². The number of sulfonamides is 1. The SMILES string of the molecule is COc1cccc(C(=O)N2CCN(S(=O)(=O)c3ccc4c(c3)OCCCO4)CC2)c1. The molecule has 0 spiro atoms. The highest BCUT2D eigenvalue weighted by Gasteiger charge is 2.31. The van der Waals surface area contributed by atoms with Gasteiger partial charge in [-0.25, -0.2) is 8.42 Å². The minimum absolute atomic E-state index is 0.137. The highest BCUT2D eigenvalue weighted by Crippen LogP contribution is 2.33. The largest absolute Gasteiger partial charge is 0.497 e. The molecular weight excluding hydrogens is 408 g/mol. The zero-order valence-corrected chi connectivity index (χ0v) is 17.6. The third-order valence-corrected chi connectivity index (χ3v) is 7.09. The molecule has 1 saturated heterocycles. The molecule has 0 N–H and O–H groups in total. The number of benzene rings is 2. The Bertz CT molecular complexity index is 1030. The summed E-state index contributed by atoms with van der Waals surface area (Å²) in [6, 6.07) is 11.6. The van der Waals surface area contributed by atoms with Crippen LogP contribution in [0.15, 0.2) is 47.4 Å². The number of carbonyl (C=O) groups is 1. The number of hydrogen-bond acceptors (Lipinski definition) is 6. The Morgan fingerprint density at radius 3 is 2.43 bits per heavy atom. The van der Waals surface area contributed by atoms with Gasteiger partial charge in [-0.3, -0.25) is 4.79 Å². The number of fused-ring (bicyclic) bond motifs is 1. The molecule has 0 aromatic heterocycles. The number of hydrogen-bond donors (Lipinski definition) is 0. The van der Waals surface area contributed by atoms with Crippen molar-refractivity contribution in [3.63, 3.8) is 0 Å². The highest BCUT2D eigenvalue weighted by molar-refractivity contribution is 7.89. The van der Waals surface area contributed by atoms with E-state index in [4.69, 9.17) is 14.2 Å². The van der Waals surface area contributed by atoms with E-state index in [0.717, 1.165) is 6.42 Å². The molecule has 4 rings (SSSR count). The Morgan fingerprint density at radius 2 is 1.70 bits per heavy atom. The van der Waals surface area contributed by atoms with Gasteiger partial charge in [0.2, 0.25) is 10.0 Å². The quantitative estimate of drug-likeness (QED) is 0.735. The summed E-state index contributed by atoms with van der Waals surface area (Å²) in [5, 5.41) is 0. The van der Waals surface area contributed by atoms with Crippen LogP contribution in [0.3, 0.4) is 0 Å². The second-order valence-electron chi connectivity index (χ2n) is 7.09. The predicted molar refractivity (Wildman–Crippen MR) is 110 cm³/mol. The first-order chi connectivity index (χ1) is 14.5. The van der Waals surface area contributed by atoms with Crippen LogP contribution in [0.25, 0.3) is 0 Å². The summed E-state index contributed by atoms with van der Waals surface area (Å²) < 4.78 is 44.0. The van der Waals surface area contributed by atoms with Gasteiger partial charge in [0.15, 0.2) is 11.5 Å². The molecule has 2 aliphatic heterocycles. The molecule has 0 atom stereocenters. The molecule has 1 amide bonds. The van der Waals surface area contributed by atoms with Crippen LogP contribution in [0.2, 0.25) is 0 Å². The average molecular weight is 432 g/mol. The maximum atomic E-state index is 13.1. The summed E-state index contributed by atoms with van der Waals surface area (Å²) in [7, 11) is -2.14. The third kappa shape index (κ3) is 4.08. The van der Waals surface area contributed by atoms with Gasteiger partial charge in [-0.05, 0) is 30.3 Å². The number of ether oxygens (including phenoxy) is 3. The Balaban J connectivity index is 1.45. The number of amides is 1. The molecule has 30 heavy (non-hydrogen) atoms. The van der Waals surface area contributed by atoms with E-state index in [1.165, 1.54) is 16.4 Å². The lowest BCUT2D eigenvalue weighted by atomic mass is 10.1. The van der Waals surface area contributed by atoms with Crippen LogP contribution >= 0.6 is 0 Å². The molecule has 2 aromatic carbocycles. The van der Waals surface area contributed by atoms with E-state index in [-0.39, 0.29) is 23.9 Å². The fourth-order valence-corrected chi connectivity index (χ4v) is 4.96. The highest BCUT2D eigenvalue weighted by atomic mass is 32.2. The van der Waals surface area contributed by atoms with Gasteiger partial charge in [0.1, 0.15) is 5.75 Å². The van der Waals surface area contributed by atoms with E-state index in [1.807, 2.05) is 0 Å². The minimum Gasteiger partial charge on any atom is -0.497 e. The molecule has 0 bridgehead atoms. The smallest absolute Gasteiger partial charge is 0.254 e. The van der Waals surface area contributed by atoms with Crippen molar-refractivity contribution in [2.75, 3.05) is 46.5 Å². The van der Waals surface area contributed by atoms with Crippen molar-refractivity contribution in [3.05, 3.63) is 48.0 Å². The first-order valence-electron chi connectivity index (χ1n) is 9.82. The van der Waals surface area contributed by atoms with Gasteiger partial charge in [0, 0.05) is 44.2 Å². The van der Waals surface area contributed by atoms with E-state index in [9.17, 15) is 13.2 Å². The molecule has 9 heteroatoms. The van der Waals surface area contributed by atoms with E-state index in [2.05, 4.69) is 0 Å². The first-order valence-corrected chi connectivity index (χ1v) is 11.3. The van der Waals surface area contributed by atoms with Crippen molar-refractivity contribution in [1.82, 2.24) is 9.21 Å². The summed E-state index contributed by atoms with van der Waals surface area (Å²) in [5.41, 5.74) is 0.522. The summed E-state index contributed by atoms with van der Waals surface area (Å²) in [5.74, 6) is 1.47. The van der Waals surface area contributed by atoms with Gasteiger partial charge >= 0.3 is 0 Å². The Hall–Kier alpha value is -2.78. The van der Waals surface area contributed by atoms with Crippen LogP contribution < -0.4 is 14.2 Å². The van der Waals surface area contributed by atoms with Crippen molar-refractivity contribution < 1.29 is 27.4 Å². The summed E-state index contributed by atoms with van der Waals surface area (Å²) in [6.45, 7) is 2.13. The van der Waals surface area contributed by atoms with Crippen LogP contribution in [0.5, 0.6) is 17.2 Å². The van der Waals surface area contributed by atoms with Crippen molar-refractivity contribution >= 4 is 15.9 Å². The van der Waals surface area contributed by atoms with Gasteiger partial charge in [-0.1, -0.05) is 6.07 Å². The number of carbonyl (C=O) groups excluding carboxylic acids is 1. The number of piperazine rings is 1. The van der Waals surface area contributed by atoms with Gasteiger partial charge in [-0.15, -0.1) is 0 Å². The molecular formula is C21H24N2O6S. The predicted octanol–water partition coefficient (Wildman–Crippen LogP) is 2.00. The molecule has 8 nitrogen and oxygen atoms in total. The number of nitrogens with zero attached hydrogens (tertiary/aromatic N) is 2. The Kier molecular flexibility index (Phi) is 5.83. The Morgan fingerprint density at radius 1 is 0.967 bits per heavy atom. The maximum absolute atomic E-state index is 13.1. The van der Waals surface area contributed by atoms with Crippen molar-refractivity contribution in [2.45, 2.75) is 11.3 Å². The van der Waals surface area contributed by atoms with E-state index >= 15 is 0 Å². The van der Waals surface area contributed by atoms with Crippen LogP contribution in [0, 0.1) is 0 Å². The van der Waals surface area contributed by atoms with E-state index in [0.29, 0.717) is 49.1 Å². The monoisotopic (exact) mass is 432 g/mol. The van der Waals surface area contributed by atoms with E-state index in [1.54, 1.807) is 42.3 Å².